The highest BCUT2D eigenvalue weighted by Gasteiger charge is 2.68. The predicted molar refractivity (Wildman–Crippen MR) is 136 cm³/mol. The van der Waals surface area contributed by atoms with Crippen molar-refractivity contribution in [3.05, 3.63) is 43.6 Å². The van der Waals surface area contributed by atoms with Crippen LogP contribution in [0.5, 0.6) is 0 Å². The molecule has 29 heavy (non-hydrogen) atoms. The minimum Gasteiger partial charge on any atom is -0.117 e. The Morgan fingerprint density at radius 2 is 1.31 bits per heavy atom. The van der Waals surface area contributed by atoms with Gasteiger partial charge in [-0.05, 0) is 38.4 Å². The van der Waals surface area contributed by atoms with Gasteiger partial charge in [0.1, 0.15) is 4.08 Å². The van der Waals surface area contributed by atoms with Gasteiger partial charge in [0.25, 0.3) is 0 Å². The Labute approximate surface area is 191 Å². The van der Waals surface area contributed by atoms with Gasteiger partial charge in [0.2, 0.25) is 0 Å². The summed E-state index contributed by atoms with van der Waals surface area (Å²) in [6.45, 7) is 28.9. The van der Waals surface area contributed by atoms with Crippen LogP contribution in [0.1, 0.15) is 83.1 Å². The molecule has 0 nitrogen and oxygen atoms in total. The number of hydrogen-bond acceptors (Lipinski definition) is 3. The second-order valence-corrected chi connectivity index (χ2v) is 17.1. The molecule has 0 saturated carbocycles. The van der Waals surface area contributed by atoms with Gasteiger partial charge in [0.05, 0.1) is 4.75 Å². The Bertz CT molecular complexity index is 913. The van der Waals surface area contributed by atoms with Crippen molar-refractivity contribution < 1.29 is 0 Å². The van der Waals surface area contributed by atoms with Crippen LogP contribution >= 0.6 is 35.3 Å². The Morgan fingerprint density at radius 3 is 1.76 bits per heavy atom. The molecular weight excluding hydrogens is 408 g/mol. The summed E-state index contributed by atoms with van der Waals surface area (Å²) in [6, 6.07) is 0. The highest BCUT2D eigenvalue weighted by atomic mass is 32.2. The minimum atomic E-state index is 0.0531. The molecule has 2 aliphatic heterocycles. The van der Waals surface area contributed by atoms with Gasteiger partial charge in [-0.25, -0.2) is 0 Å². The van der Waals surface area contributed by atoms with Crippen molar-refractivity contribution in [2.45, 2.75) is 91.9 Å². The van der Waals surface area contributed by atoms with Gasteiger partial charge in [-0.3, -0.25) is 0 Å². The molecule has 2 unspecified atom stereocenters. The van der Waals surface area contributed by atoms with Crippen LogP contribution in [0, 0.1) is 21.7 Å². The summed E-state index contributed by atoms with van der Waals surface area (Å²) in [7, 11) is 0. The maximum absolute atomic E-state index is 2.67. The van der Waals surface area contributed by atoms with E-state index in [9.17, 15) is 0 Å². The van der Waals surface area contributed by atoms with Crippen molar-refractivity contribution in [2.24, 2.45) is 21.7 Å². The second kappa shape index (κ2) is 5.87. The summed E-state index contributed by atoms with van der Waals surface area (Å²) < 4.78 is 0.125. The van der Waals surface area contributed by atoms with E-state index in [-0.39, 0.29) is 30.5 Å². The van der Waals surface area contributed by atoms with Crippen molar-refractivity contribution in [3.8, 4) is 0 Å². The van der Waals surface area contributed by atoms with E-state index in [1.54, 1.807) is 31.4 Å². The number of allylic oxidation sites excluding steroid dienone is 3. The first-order valence-corrected chi connectivity index (χ1v) is 13.3. The first-order chi connectivity index (χ1) is 12.8. The third kappa shape index (κ3) is 2.89. The van der Waals surface area contributed by atoms with Gasteiger partial charge in [-0.15, -0.1) is 11.8 Å². The third-order valence-corrected chi connectivity index (χ3v) is 12.4. The molecule has 0 aromatic carbocycles. The molecule has 2 heterocycles. The second-order valence-electron chi connectivity index (χ2n) is 13.2. The molecule has 3 heteroatoms. The Balaban J connectivity index is 2.03. The van der Waals surface area contributed by atoms with Gasteiger partial charge in [-0.2, -0.15) is 0 Å². The Hall–Kier alpha value is 0.01000. The van der Waals surface area contributed by atoms with E-state index >= 15 is 0 Å². The molecule has 0 aromatic rings. The molecule has 0 radical (unpaired) electrons. The van der Waals surface area contributed by atoms with Crippen LogP contribution in [0.2, 0.25) is 0 Å². The predicted octanol–water partition coefficient (Wildman–Crippen LogP) is 9.18. The molecule has 1 saturated heterocycles. The molecule has 1 fully saturated rings. The molecule has 4 aliphatic rings. The summed E-state index contributed by atoms with van der Waals surface area (Å²) in [5.41, 5.74) is 5.39. The quantitative estimate of drug-likeness (QED) is 0.364. The summed E-state index contributed by atoms with van der Waals surface area (Å²) in [4.78, 5) is 4.82. The fourth-order valence-electron chi connectivity index (χ4n) is 4.88. The van der Waals surface area contributed by atoms with Crippen molar-refractivity contribution in [2.75, 3.05) is 0 Å². The van der Waals surface area contributed by atoms with Crippen molar-refractivity contribution in [1.29, 1.82) is 0 Å². The molecule has 0 amide bonds. The minimum absolute atomic E-state index is 0.0531. The fourth-order valence-corrected chi connectivity index (χ4v) is 11.9. The fraction of sp³-hybridized carbons (Fsp3) is 0.692. The van der Waals surface area contributed by atoms with Gasteiger partial charge in [0.15, 0.2) is 0 Å². The maximum Gasteiger partial charge on any atom is 0.120 e. The van der Waals surface area contributed by atoms with Gasteiger partial charge in [-0.1, -0.05) is 119 Å². The average Bonchev–Trinajstić information content (AvgIpc) is 3.05. The largest absolute Gasteiger partial charge is 0.120 e. The lowest BCUT2D eigenvalue weighted by Crippen LogP contribution is -2.38. The van der Waals surface area contributed by atoms with Crippen LogP contribution in [-0.2, 0) is 0 Å². The van der Waals surface area contributed by atoms with Crippen LogP contribution in [0.3, 0.4) is 0 Å². The molecule has 2 bridgehead atoms. The van der Waals surface area contributed by atoms with Crippen LogP contribution < -0.4 is 0 Å². The lowest BCUT2D eigenvalue weighted by atomic mass is 9.79. The SMILES string of the molecule is CC(C)(C)C1=CC2(C(C)(C)C)SC34SC2=C1SC3=C(C(C)(C)C)C=C4C(C)(C)C. The zero-order valence-corrected chi connectivity index (χ0v) is 22.8. The van der Waals surface area contributed by atoms with Crippen LogP contribution in [0.4, 0.5) is 0 Å². The van der Waals surface area contributed by atoms with Crippen molar-refractivity contribution in [1.82, 2.24) is 0 Å². The number of hydrogen-bond donors (Lipinski definition) is 0. The standard InChI is InChI=1S/C26H38S3/c1-21(2,3)15-13-17(23(7,8)9)26-19(15)27-18-16(22(4,5)6)14-25(29-26,20(18)28-26)24(10,11)12/h13-14H,1-12H3. The molecule has 0 N–H and O–H groups in total. The molecular formula is C26H38S3. The van der Waals surface area contributed by atoms with E-state index < -0.39 is 0 Å². The smallest absolute Gasteiger partial charge is 0.117 e. The van der Waals surface area contributed by atoms with Crippen LogP contribution in [-0.4, -0.2) is 8.83 Å². The molecule has 0 aromatic heterocycles. The zero-order chi connectivity index (χ0) is 22.0. The molecule has 2 atom stereocenters. The number of thioether (sulfide) groups is 3. The Kier molecular flexibility index (Phi) is 4.49. The third-order valence-electron chi connectivity index (χ3n) is 6.62. The first-order valence-electron chi connectivity index (χ1n) is 10.9. The lowest BCUT2D eigenvalue weighted by molar-refractivity contribution is 0.372. The van der Waals surface area contributed by atoms with E-state index in [4.69, 9.17) is 0 Å². The van der Waals surface area contributed by atoms with Gasteiger partial charge >= 0.3 is 0 Å². The Morgan fingerprint density at radius 1 is 0.724 bits per heavy atom. The topological polar surface area (TPSA) is 0 Å². The van der Waals surface area contributed by atoms with E-state index in [0.29, 0.717) is 0 Å². The summed E-state index contributed by atoms with van der Waals surface area (Å²) >= 11 is 6.56. The summed E-state index contributed by atoms with van der Waals surface area (Å²) in [6.07, 6.45) is 5.26. The van der Waals surface area contributed by atoms with Gasteiger partial charge < -0.3 is 0 Å². The van der Waals surface area contributed by atoms with Crippen molar-refractivity contribution in [3.63, 3.8) is 0 Å². The molecule has 1 spiro atoms. The van der Waals surface area contributed by atoms with Crippen LogP contribution in [0.25, 0.3) is 0 Å². The zero-order valence-electron chi connectivity index (χ0n) is 20.4. The lowest BCUT2D eigenvalue weighted by Gasteiger charge is -2.42. The molecule has 2 aliphatic carbocycles. The average molecular weight is 447 g/mol. The highest BCUT2D eigenvalue weighted by molar-refractivity contribution is 8.28. The van der Waals surface area contributed by atoms with Crippen molar-refractivity contribution >= 4 is 35.3 Å². The van der Waals surface area contributed by atoms with Gasteiger partial charge in [0, 0.05) is 14.7 Å². The normalized spacial score (nSPS) is 32.1. The monoisotopic (exact) mass is 446 g/mol. The van der Waals surface area contributed by atoms with E-state index in [1.165, 1.54) is 0 Å². The van der Waals surface area contributed by atoms with E-state index in [1.807, 2.05) is 0 Å². The summed E-state index contributed by atoms with van der Waals surface area (Å²) in [5, 5.41) is 0. The maximum atomic E-state index is 2.67. The molecule has 160 valence electrons. The van der Waals surface area contributed by atoms with Crippen LogP contribution in [0.15, 0.2) is 43.6 Å². The first kappa shape index (κ1) is 22.2. The molecule has 4 rings (SSSR count). The van der Waals surface area contributed by atoms with E-state index in [0.717, 1.165) is 0 Å². The number of rotatable bonds is 0. The van der Waals surface area contributed by atoms with E-state index in [2.05, 4.69) is 131 Å². The summed E-state index contributed by atoms with van der Waals surface area (Å²) in [5.74, 6) is 0. The highest BCUT2D eigenvalue weighted by Crippen LogP contribution is 2.83.